The van der Waals surface area contributed by atoms with E-state index in [9.17, 15) is 4.79 Å². The molecule has 0 bridgehead atoms. The largest absolute Gasteiger partial charge is 0.334 e. The Bertz CT molecular complexity index is 1060. The Balaban J connectivity index is 1.33. The summed E-state index contributed by atoms with van der Waals surface area (Å²) < 4.78 is 0. The molecule has 4 heteroatoms. The van der Waals surface area contributed by atoms with Crippen LogP contribution in [0.15, 0.2) is 78.9 Å². The fraction of sp³-hybridized carbons (Fsp3) is 0.452. The zero-order chi connectivity index (χ0) is 24.2. The molecule has 2 aromatic rings. The van der Waals surface area contributed by atoms with E-state index in [0.29, 0.717) is 11.8 Å². The van der Waals surface area contributed by atoms with E-state index >= 15 is 0 Å². The van der Waals surface area contributed by atoms with E-state index in [2.05, 4.69) is 88.8 Å². The highest BCUT2D eigenvalue weighted by Gasteiger charge is 2.39. The van der Waals surface area contributed by atoms with Crippen LogP contribution in [-0.4, -0.2) is 55.0 Å². The number of benzene rings is 2. The van der Waals surface area contributed by atoms with Crippen molar-refractivity contribution in [1.82, 2.24) is 15.1 Å². The smallest absolute Gasteiger partial charge is 0.254 e. The molecule has 2 aromatic carbocycles. The second-order valence-electron chi connectivity index (χ2n) is 10.6. The number of nitrogens with zero attached hydrogens (tertiary/aromatic N) is 2. The Hall–Kier alpha value is -2.69. The quantitative estimate of drug-likeness (QED) is 0.588. The molecule has 1 aliphatic carbocycles. The minimum atomic E-state index is 0.176. The van der Waals surface area contributed by atoms with Gasteiger partial charge in [-0.25, -0.2) is 0 Å². The molecule has 0 radical (unpaired) electrons. The van der Waals surface area contributed by atoms with Crippen LogP contribution in [0.3, 0.4) is 0 Å². The van der Waals surface area contributed by atoms with Crippen molar-refractivity contribution < 1.29 is 4.79 Å². The Morgan fingerprint density at radius 3 is 2.71 bits per heavy atom. The number of likely N-dealkylation sites (tertiary alicyclic amines) is 2. The second-order valence-corrected chi connectivity index (χ2v) is 10.6. The lowest BCUT2D eigenvalue weighted by Crippen LogP contribution is -2.43. The van der Waals surface area contributed by atoms with Gasteiger partial charge >= 0.3 is 0 Å². The number of allylic oxidation sites excluding steroid dienone is 4. The molecule has 3 aliphatic rings. The zero-order valence-electron chi connectivity index (χ0n) is 21.1. The normalized spacial score (nSPS) is 27.4. The molecule has 4 nitrogen and oxygen atoms in total. The third kappa shape index (κ3) is 5.44. The third-order valence-corrected chi connectivity index (χ3v) is 8.41. The van der Waals surface area contributed by atoms with E-state index in [1.807, 2.05) is 19.2 Å². The maximum atomic E-state index is 13.9. The van der Waals surface area contributed by atoms with Crippen LogP contribution >= 0.6 is 0 Å². The van der Waals surface area contributed by atoms with Gasteiger partial charge in [0.05, 0.1) is 0 Å². The minimum Gasteiger partial charge on any atom is -0.334 e. The summed E-state index contributed by atoms with van der Waals surface area (Å²) in [5, 5.41) is 3.29. The van der Waals surface area contributed by atoms with E-state index in [0.717, 1.165) is 49.6 Å². The molecule has 184 valence electrons. The van der Waals surface area contributed by atoms with Crippen LogP contribution in [0.2, 0.25) is 0 Å². The highest BCUT2D eigenvalue weighted by Crippen LogP contribution is 2.35. The van der Waals surface area contributed by atoms with E-state index < -0.39 is 0 Å². The molecule has 2 fully saturated rings. The molecule has 2 saturated heterocycles. The Labute approximate surface area is 210 Å². The van der Waals surface area contributed by atoms with Crippen LogP contribution in [0.5, 0.6) is 0 Å². The average Bonchev–Trinajstić information content (AvgIpc) is 3.56. The van der Waals surface area contributed by atoms with Gasteiger partial charge in [0.2, 0.25) is 0 Å². The third-order valence-electron chi connectivity index (χ3n) is 8.41. The Morgan fingerprint density at radius 1 is 1.09 bits per heavy atom. The van der Waals surface area contributed by atoms with Crippen LogP contribution in [0.1, 0.15) is 59.6 Å². The van der Waals surface area contributed by atoms with Crippen molar-refractivity contribution in [1.29, 1.82) is 0 Å². The first-order valence-electron chi connectivity index (χ1n) is 13.3. The van der Waals surface area contributed by atoms with Gasteiger partial charge in [0.15, 0.2) is 0 Å². The van der Waals surface area contributed by atoms with Crippen LogP contribution < -0.4 is 5.32 Å². The lowest BCUT2D eigenvalue weighted by Gasteiger charge is -2.29. The zero-order valence-corrected chi connectivity index (χ0v) is 21.1. The Morgan fingerprint density at radius 2 is 1.94 bits per heavy atom. The van der Waals surface area contributed by atoms with E-state index in [1.54, 1.807) is 0 Å². The molecule has 0 aromatic heterocycles. The van der Waals surface area contributed by atoms with Gasteiger partial charge in [0, 0.05) is 43.2 Å². The van der Waals surface area contributed by atoms with Gasteiger partial charge in [-0.05, 0) is 74.9 Å². The minimum absolute atomic E-state index is 0.176. The van der Waals surface area contributed by atoms with E-state index in [1.165, 1.54) is 18.4 Å². The average molecular weight is 470 g/mol. The van der Waals surface area contributed by atoms with Crippen molar-refractivity contribution in [2.24, 2.45) is 11.8 Å². The van der Waals surface area contributed by atoms with Gasteiger partial charge in [0.25, 0.3) is 5.91 Å². The standard InChI is InChI=1S/C31H39N3O/c1-23(32-2)26-14-9-15-27(18-26)31(35)34-21-29(25-12-7-4-8-13-25)19-30(34)22-33-17-16-28(20-33)24-10-5-3-6-11-24/h3-10,12-15,18,23-24,28-30,32H,11,16-17,19-22H2,1-2H3/t23?,24?,28-,29-,30-/m0/s1. The number of carbonyl (C=O) groups is 1. The predicted molar refractivity (Wildman–Crippen MR) is 143 cm³/mol. The van der Waals surface area contributed by atoms with Crippen LogP contribution in [-0.2, 0) is 0 Å². The topological polar surface area (TPSA) is 35.6 Å². The number of amides is 1. The summed E-state index contributed by atoms with van der Waals surface area (Å²) in [4.78, 5) is 18.7. The number of nitrogens with one attached hydrogen (secondary N) is 1. The maximum absolute atomic E-state index is 13.9. The summed E-state index contributed by atoms with van der Waals surface area (Å²) in [5.74, 6) is 1.97. The fourth-order valence-electron chi connectivity index (χ4n) is 6.20. The van der Waals surface area contributed by atoms with Crippen molar-refractivity contribution in [2.45, 2.75) is 44.2 Å². The molecule has 1 amide bonds. The first-order valence-corrected chi connectivity index (χ1v) is 13.3. The highest BCUT2D eigenvalue weighted by atomic mass is 16.2. The van der Waals surface area contributed by atoms with Gasteiger partial charge in [-0.1, -0.05) is 66.8 Å². The SMILES string of the molecule is CNC(C)c1cccc(C(=O)N2C[C@@H](c3ccccc3)C[C@H]2CN2CC[C@H](C3C=CC=CC3)C2)c1. The van der Waals surface area contributed by atoms with Crippen molar-refractivity contribution in [2.75, 3.05) is 33.2 Å². The summed E-state index contributed by atoms with van der Waals surface area (Å²) in [6.07, 6.45) is 12.5. The van der Waals surface area contributed by atoms with Crippen molar-refractivity contribution in [3.63, 3.8) is 0 Å². The Kier molecular flexibility index (Phi) is 7.50. The first kappa shape index (κ1) is 24.0. The fourth-order valence-corrected chi connectivity index (χ4v) is 6.20. The monoisotopic (exact) mass is 469 g/mol. The summed E-state index contributed by atoms with van der Waals surface area (Å²) in [7, 11) is 1.96. The number of hydrogen-bond acceptors (Lipinski definition) is 3. The summed E-state index contributed by atoms with van der Waals surface area (Å²) >= 11 is 0. The lowest BCUT2D eigenvalue weighted by molar-refractivity contribution is 0.0705. The van der Waals surface area contributed by atoms with Crippen molar-refractivity contribution in [3.8, 4) is 0 Å². The molecule has 2 unspecified atom stereocenters. The van der Waals surface area contributed by atoms with Crippen LogP contribution in [0.25, 0.3) is 0 Å². The molecular weight excluding hydrogens is 430 g/mol. The maximum Gasteiger partial charge on any atom is 0.254 e. The molecule has 5 atom stereocenters. The summed E-state index contributed by atoms with van der Waals surface area (Å²) in [6, 6.07) is 19.4. The highest BCUT2D eigenvalue weighted by molar-refractivity contribution is 5.95. The van der Waals surface area contributed by atoms with Crippen molar-refractivity contribution in [3.05, 3.63) is 95.6 Å². The predicted octanol–water partition coefficient (Wildman–Crippen LogP) is 5.42. The van der Waals surface area contributed by atoms with Gasteiger partial charge in [0.1, 0.15) is 0 Å². The molecule has 2 aliphatic heterocycles. The second kappa shape index (κ2) is 10.9. The molecule has 0 spiro atoms. The van der Waals surface area contributed by atoms with Crippen LogP contribution in [0, 0.1) is 11.8 Å². The lowest BCUT2D eigenvalue weighted by atomic mass is 9.86. The van der Waals surface area contributed by atoms with Gasteiger partial charge in [-0.2, -0.15) is 0 Å². The molecule has 0 saturated carbocycles. The van der Waals surface area contributed by atoms with Crippen LogP contribution in [0.4, 0.5) is 0 Å². The number of hydrogen-bond donors (Lipinski definition) is 1. The summed E-state index contributed by atoms with van der Waals surface area (Å²) in [6.45, 7) is 6.20. The number of carbonyl (C=O) groups excluding carboxylic acids is 1. The molecule has 5 rings (SSSR count). The van der Waals surface area contributed by atoms with E-state index in [-0.39, 0.29) is 18.0 Å². The number of rotatable bonds is 7. The van der Waals surface area contributed by atoms with E-state index in [4.69, 9.17) is 0 Å². The van der Waals surface area contributed by atoms with Crippen molar-refractivity contribution >= 4 is 5.91 Å². The van der Waals surface area contributed by atoms with Gasteiger partial charge in [-0.3, -0.25) is 4.79 Å². The van der Waals surface area contributed by atoms with Gasteiger partial charge < -0.3 is 15.1 Å². The molecule has 35 heavy (non-hydrogen) atoms. The van der Waals surface area contributed by atoms with Gasteiger partial charge in [-0.15, -0.1) is 0 Å². The molecule has 2 heterocycles. The molecular formula is C31H39N3O. The molecule has 1 N–H and O–H groups in total. The summed E-state index contributed by atoms with van der Waals surface area (Å²) in [5.41, 5.74) is 3.32. The first-order chi connectivity index (χ1) is 17.1.